The van der Waals surface area contributed by atoms with E-state index in [2.05, 4.69) is 17.2 Å². The molecule has 2 aromatic rings. The maximum atomic E-state index is 13.6. The van der Waals surface area contributed by atoms with Crippen LogP contribution in [0.15, 0.2) is 36.4 Å². The number of carboxylic acids is 1. The normalized spacial score (nSPS) is 12.5. The Bertz CT molecular complexity index is 1140. The van der Waals surface area contributed by atoms with Gasteiger partial charge in [0.25, 0.3) is 5.91 Å². The van der Waals surface area contributed by atoms with Gasteiger partial charge in [0.05, 0.1) is 5.52 Å². The van der Waals surface area contributed by atoms with Crippen molar-refractivity contribution in [2.45, 2.75) is 122 Å². The molecule has 0 bridgehead atoms. The van der Waals surface area contributed by atoms with Gasteiger partial charge in [0.1, 0.15) is 11.7 Å². The van der Waals surface area contributed by atoms with Crippen LogP contribution in [0.3, 0.4) is 0 Å². The molecule has 2 atom stereocenters. The van der Waals surface area contributed by atoms with Gasteiger partial charge in [0.15, 0.2) is 0 Å². The zero-order chi connectivity index (χ0) is 30.7. The molecule has 2 rings (SSSR count). The van der Waals surface area contributed by atoms with Crippen LogP contribution in [-0.4, -0.2) is 57.8 Å². The molecule has 232 valence electrons. The largest absolute Gasteiger partial charge is 0.481 e. The predicted octanol–water partition coefficient (Wildman–Crippen LogP) is 5.99. The molecular weight excluding hydrogens is 532 g/mol. The predicted molar refractivity (Wildman–Crippen MR) is 166 cm³/mol. The molecule has 0 spiro atoms. The van der Waals surface area contributed by atoms with Crippen molar-refractivity contribution < 1.29 is 24.3 Å². The average Bonchev–Trinajstić information content (AvgIpc) is 2.97. The van der Waals surface area contributed by atoms with E-state index in [-0.39, 0.29) is 37.3 Å². The van der Waals surface area contributed by atoms with Crippen LogP contribution >= 0.6 is 0 Å². The number of unbranched alkanes of at least 4 members (excludes halogenated alkanes) is 10. The summed E-state index contributed by atoms with van der Waals surface area (Å²) >= 11 is 0. The van der Waals surface area contributed by atoms with Gasteiger partial charge < -0.3 is 21.1 Å². The second kappa shape index (κ2) is 19.6. The molecule has 1 aromatic carbocycles. The van der Waals surface area contributed by atoms with Gasteiger partial charge in [-0.15, -0.1) is 0 Å². The van der Waals surface area contributed by atoms with Crippen molar-refractivity contribution in [2.24, 2.45) is 5.73 Å². The van der Waals surface area contributed by atoms with Crippen LogP contribution in [0.5, 0.6) is 0 Å². The van der Waals surface area contributed by atoms with Gasteiger partial charge in [0, 0.05) is 31.3 Å². The van der Waals surface area contributed by atoms with E-state index in [9.17, 15) is 19.2 Å². The Hall–Kier alpha value is -3.49. The standard InChI is InChI=1S/C33H50N4O5/c1-3-4-5-6-7-8-9-10-11-12-13-18-26(24-30(34)38)37(2)33(42)29(20-16-21-31(39)40)36-32(41)28-23-22-25-17-14-15-19-27(25)35-28/h14-15,17,19,22-23,26,29H,3-13,16,18,20-21,24H2,1-2H3,(H2,34,38)(H,36,41)(H,39,40)/t26-,29-/m0/s1. The summed E-state index contributed by atoms with van der Waals surface area (Å²) in [5.74, 6) is -2.35. The van der Waals surface area contributed by atoms with E-state index < -0.39 is 29.9 Å². The number of amides is 3. The number of para-hydroxylation sites is 1. The van der Waals surface area contributed by atoms with E-state index in [4.69, 9.17) is 10.8 Å². The molecule has 42 heavy (non-hydrogen) atoms. The van der Waals surface area contributed by atoms with Crippen LogP contribution in [0.2, 0.25) is 0 Å². The van der Waals surface area contributed by atoms with Gasteiger partial charge in [-0.25, -0.2) is 4.98 Å². The number of carbonyl (C=O) groups excluding carboxylic acids is 3. The number of hydrogen-bond acceptors (Lipinski definition) is 5. The number of nitrogens with one attached hydrogen (secondary N) is 1. The van der Waals surface area contributed by atoms with Crippen molar-refractivity contribution in [3.05, 3.63) is 42.1 Å². The smallest absolute Gasteiger partial charge is 0.303 e. The molecule has 0 radical (unpaired) electrons. The Labute approximate surface area is 250 Å². The van der Waals surface area contributed by atoms with Crippen molar-refractivity contribution in [3.8, 4) is 0 Å². The number of fused-ring (bicyclic) bond motifs is 1. The summed E-state index contributed by atoms with van der Waals surface area (Å²) < 4.78 is 0. The van der Waals surface area contributed by atoms with Crippen molar-refractivity contribution in [2.75, 3.05) is 7.05 Å². The molecule has 0 aliphatic heterocycles. The Morgan fingerprint density at radius 2 is 1.48 bits per heavy atom. The van der Waals surface area contributed by atoms with E-state index >= 15 is 0 Å². The van der Waals surface area contributed by atoms with Crippen molar-refractivity contribution in [1.82, 2.24) is 15.2 Å². The summed E-state index contributed by atoms with van der Waals surface area (Å²) in [5.41, 5.74) is 6.36. The molecule has 0 saturated carbocycles. The second-order valence-corrected chi connectivity index (χ2v) is 11.3. The van der Waals surface area contributed by atoms with Crippen LogP contribution in [0.1, 0.15) is 120 Å². The van der Waals surface area contributed by atoms with Crippen LogP contribution in [0, 0.1) is 0 Å². The van der Waals surface area contributed by atoms with Gasteiger partial charge >= 0.3 is 5.97 Å². The second-order valence-electron chi connectivity index (χ2n) is 11.3. The fourth-order valence-electron chi connectivity index (χ4n) is 5.27. The Morgan fingerprint density at radius 3 is 2.10 bits per heavy atom. The lowest BCUT2D eigenvalue weighted by atomic mass is 10.00. The first-order chi connectivity index (χ1) is 20.2. The number of nitrogens with two attached hydrogens (primary N) is 1. The van der Waals surface area contributed by atoms with Crippen LogP contribution in [0.25, 0.3) is 10.9 Å². The summed E-state index contributed by atoms with van der Waals surface area (Å²) in [6, 6.07) is 9.46. The summed E-state index contributed by atoms with van der Waals surface area (Å²) in [7, 11) is 1.62. The molecule has 0 fully saturated rings. The van der Waals surface area contributed by atoms with Crippen molar-refractivity contribution in [3.63, 3.8) is 0 Å². The van der Waals surface area contributed by atoms with Gasteiger partial charge in [-0.05, 0) is 31.4 Å². The number of aliphatic carboxylic acids is 1. The summed E-state index contributed by atoms with van der Waals surface area (Å²) in [6.45, 7) is 2.23. The van der Waals surface area contributed by atoms with E-state index in [0.717, 1.165) is 24.6 Å². The number of hydrogen-bond donors (Lipinski definition) is 3. The lowest BCUT2D eigenvalue weighted by Gasteiger charge is -2.31. The van der Waals surface area contributed by atoms with Gasteiger partial charge in [0.2, 0.25) is 11.8 Å². The minimum Gasteiger partial charge on any atom is -0.481 e. The maximum absolute atomic E-state index is 13.6. The third kappa shape index (κ3) is 13.0. The number of pyridine rings is 1. The summed E-state index contributed by atoms with van der Waals surface area (Å²) in [5, 5.41) is 12.8. The third-order valence-electron chi connectivity index (χ3n) is 7.79. The highest BCUT2D eigenvalue weighted by Crippen LogP contribution is 2.18. The van der Waals surface area contributed by atoms with E-state index in [1.807, 2.05) is 18.2 Å². The molecule has 1 aromatic heterocycles. The zero-order valence-corrected chi connectivity index (χ0v) is 25.5. The number of benzene rings is 1. The fourth-order valence-corrected chi connectivity index (χ4v) is 5.27. The highest BCUT2D eigenvalue weighted by molar-refractivity contribution is 5.98. The highest BCUT2D eigenvalue weighted by Gasteiger charge is 2.29. The summed E-state index contributed by atoms with van der Waals surface area (Å²) in [6.07, 6.45) is 14.1. The van der Waals surface area contributed by atoms with Gasteiger partial charge in [-0.1, -0.05) is 102 Å². The molecule has 1 heterocycles. The fraction of sp³-hybridized carbons (Fsp3) is 0.606. The van der Waals surface area contributed by atoms with Gasteiger partial charge in [-0.2, -0.15) is 0 Å². The zero-order valence-electron chi connectivity index (χ0n) is 25.5. The Balaban J connectivity index is 1.97. The minimum atomic E-state index is -0.972. The molecule has 9 nitrogen and oxygen atoms in total. The quantitative estimate of drug-likeness (QED) is 0.146. The maximum Gasteiger partial charge on any atom is 0.303 e. The number of carbonyl (C=O) groups is 4. The summed E-state index contributed by atoms with van der Waals surface area (Å²) in [4.78, 5) is 55.6. The first kappa shape index (κ1) is 34.7. The number of carboxylic acid groups (broad SMARTS) is 1. The Morgan fingerprint density at radius 1 is 0.857 bits per heavy atom. The number of likely N-dealkylation sites (N-methyl/N-ethyl adjacent to an activating group) is 1. The first-order valence-electron chi connectivity index (χ1n) is 15.7. The highest BCUT2D eigenvalue weighted by atomic mass is 16.4. The first-order valence-corrected chi connectivity index (χ1v) is 15.7. The average molecular weight is 583 g/mol. The molecular formula is C33H50N4O5. The molecule has 4 N–H and O–H groups in total. The van der Waals surface area contributed by atoms with Crippen LogP contribution in [-0.2, 0) is 14.4 Å². The van der Waals surface area contributed by atoms with Crippen LogP contribution in [0.4, 0.5) is 0 Å². The van der Waals surface area contributed by atoms with Gasteiger partial charge in [-0.3, -0.25) is 19.2 Å². The number of rotatable bonds is 22. The van der Waals surface area contributed by atoms with E-state index in [1.54, 1.807) is 25.2 Å². The van der Waals surface area contributed by atoms with Crippen LogP contribution < -0.4 is 11.1 Å². The number of nitrogens with zero attached hydrogens (tertiary/aromatic N) is 2. The van der Waals surface area contributed by atoms with Crippen molar-refractivity contribution in [1.29, 1.82) is 0 Å². The van der Waals surface area contributed by atoms with E-state index in [0.29, 0.717) is 11.9 Å². The third-order valence-corrected chi connectivity index (χ3v) is 7.79. The minimum absolute atomic E-state index is 0.0298. The lowest BCUT2D eigenvalue weighted by Crippen LogP contribution is -2.51. The Kier molecular flexibility index (Phi) is 16.2. The van der Waals surface area contributed by atoms with E-state index in [1.165, 1.54) is 56.3 Å². The van der Waals surface area contributed by atoms with Crippen molar-refractivity contribution >= 4 is 34.6 Å². The molecule has 0 aliphatic rings. The molecule has 0 saturated heterocycles. The molecule has 3 amide bonds. The topological polar surface area (TPSA) is 143 Å². The number of aromatic nitrogens is 1. The number of primary amides is 1. The molecule has 9 heteroatoms. The lowest BCUT2D eigenvalue weighted by molar-refractivity contribution is -0.138. The molecule has 0 aliphatic carbocycles. The SMILES string of the molecule is CCCCCCCCCCCCC[C@@H](CC(N)=O)N(C)C(=O)[C@H](CCCC(=O)O)NC(=O)c1ccc2ccccc2n1. The molecule has 0 unspecified atom stereocenters. The monoisotopic (exact) mass is 582 g/mol.